The van der Waals surface area contributed by atoms with Gasteiger partial charge in [0.15, 0.2) is 0 Å². The average Bonchev–Trinajstić information content (AvgIpc) is 2.18. The monoisotopic (exact) mass is 222 g/mol. The summed E-state index contributed by atoms with van der Waals surface area (Å²) in [5.74, 6) is 0. The molecule has 1 nitrogen and oxygen atoms in total. The van der Waals surface area contributed by atoms with Gasteiger partial charge in [0.1, 0.15) is 0 Å². The van der Waals surface area contributed by atoms with E-state index in [-0.39, 0.29) is 16.2 Å². The van der Waals surface area contributed by atoms with Crippen molar-refractivity contribution in [1.82, 2.24) is 0 Å². The van der Waals surface area contributed by atoms with E-state index >= 15 is 0 Å². The highest BCUT2D eigenvalue weighted by atomic mass is 16.3. The lowest BCUT2D eigenvalue weighted by molar-refractivity contribution is -0.215. The fourth-order valence-electron chi connectivity index (χ4n) is 4.32. The second kappa shape index (κ2) is 2.75. The predicted octanol–water partition coefficient (Wildman–Crippen LogP) is 3.92. The third-order valence-electron chi connectivity index (χ3n) is 7.01. The zero-order chi connectivity index (χ0) is 12.6. The van der Waals surface area contributed by atoms with Gasteiger partial charge in [-0.2, -0.15) is 0 Å². The van der Waals surface area contributed by atoms with Crippen molar-refractivity contribution in [3.8, 4) is 0 Å². The summed E-state index contributed by atoms with van der Waals surface area (Å²) in [6.07, 6.45) is 2.32. The Morgan fingerprint density at radius 3 is 1.69 bits per heavy atom. The molecule has 1 N–H and O–H groups in total. The van der Waals surface area contributed by atoms with Crippen molar-refractivity contribution in [1.29, 1.82) is 0 Å². The number of hydrogen-bond donors (Lipinski definition) is 1. The van der Waals surface area contributed by atoms with Gasteiger partial charge in [-0.15, -0.1) is 0 Å². The van der Waals surface area contributed by atoms with Crippen LogP contribution in [0.2, 0.25) is 0 Å². The molecule has 0 aliphatic heterocycles. The molecule has 92 valence electrons. The van der Waals surface area contributed by atoms with Gasteiger partial charge in [0.05, 0.1) is 5.60 Å². The van der Waals surface area contributed by atoms with Gasteiger partial charge in [0, 0.05) is 10.8 Å². The van der Waals surface area contributed by atoms with Crippen LogP contribution < -0.4 is 0 Å². The maximum atomic E-state index is 11.1. The smallest absolute Gasteiger partial charge is 0.0768 e. The molecule has 0 aromatic heterocycles. The van der Waals surface area contributed by atoms with E-state index in [2.05, 4.69) is 41.5 Å². The van der Waals surface area contributed by atoms with E-state index in [4.69, 9.17) is 0 Å². The third-order valence-corrected chi connectivity index (χ3v) is 7.01. The summed E-state index contributed by atoms with van der Waals surface area (Å²) in [4.78, 5) is 0. The minimum atomic E-state index is -0.614. The van der Waals surface area contributed by atoms with Gasteiger partial charge in [-0.3, -0.25) is 0 Å². The largest absolute Gasteiger partial charge is 0.389 e. The first-order valence-electron chi connectivity index (χ1n) is 6.43. The molecule has 0 aromatic rings. The first-order valence-corrected chi connectivity index (χ1v) is 6.43. The molecular formula is C15H26O. The molecule has 0 amide bonds. The Morgan fingerprint density at radius 2 is 1.19 bits per heavy atom. The molecule has 16 heavy (non-hydrogen) atoms. The van der Waals surface area contributed by atoms with Gasteiger partial charge in [-0.25, -0.2) is 0 Å². The lowest BCUT2D eigenvalue weighted by Gasteiger charge is -2.69. The first-order chi connectivity index (χ1) is 7.02. The molecule has 3 atom stereocenters. The van der Waals surface area contributed by atoms with E-state index in [1.54, 1.807) is 0 Å². The number of hydrogen-bond acceptors (Lipinski definition) is 1. The van der Waals surface area contributed by atoms with Gasteiger partial charge >= 0.3 is 0 Å². The standard InChI is InChI=1S/C15H26O/c1-10-11(2)14(6)9-8-13(10,5)12(3,4)15(14,7)16/h16H,8-9H2,1-7H3. The van der Waals surface area contributed by atoms with Crippen LogP contribution >= 0.6 is 0 Å². The summed E-state index contributed by atoms with van der Waals surface area (Å²) >= 11 is 0. The molecule has 2 bridgehead atoms. The van der Waals surface area contributed by atoms with E-state index in [1.807, 2.05) is 6.92 Å². The van der Waals surface area contributed by atoms with Crippen molar-refractivity contribution < 1.29 is 5.11 Å². The van der Waals surface area contributed by atoms with E-state index in [1.165, 1.54) is 17.6 Å². The van der Waals surface area contributed by atoms with Crippen molar-refractivity contribution in [2.75, 3.05) is 0 Å². The highest BCUT2D eigenvalue weighted by Gasteiger charge is 2.67. The fraction of sp³-hybridized carbons (Fsp3) is 0.867. The maximum Gasteiger partial charge on any atom is 0.0768 e. The summed E-state index contributed by atoms with van der Waals surface area (Å²) in [5, 5.41) is 11.1. The number of fused-ring (bicyclic) bond motifs is 2. The molecule has 1 fully saturated rings. The predicted molar refractivity (Wildman–Crippen MR) is 68.2 cm³/mol. The molecule has 3 aliphatic rings. The second-order valence-electron chi connectivity index (χ2n) is 7.11. The molecule has 0 spiro atoms. The first kappa shape index (κ1) is 12.2. The summed E-state index contributed by atoms with van der Waals surface area (Å²) in [7, 11) is 0. The van der Waals surface area contributed by atoms with E-state index in [0.717, 1.165) is 6.42 Å². The molecule has 3 rings (SSSR count). The fourth-order valence-corrected chi connectivity index (χ4v) is 4.32. The average molecular weight is 222 g/mol. The quantitative estimate of drug-likeness (QED) is 0.616. The minimum Gasteiger partial charge on any atom is -0.389 e. The summed E-state index contributed by atoms with van der Waals surface area (Å²) < 4.78 is 0. The van der Waals surface area contributed by atoms with Crippen molar-refractivity contribution in [2.24, 2.45) is 16.2 Å². The van der Waals surface area contributed by atoms with Gasteiger partial charge in [0.2, 0.25) is 0 Å². The zero-order valence-corrected chi connectivity index (χ0v) is 11.9. The van der Waals surface area contributed by atoms with Crippen molar-refractivity contribution in [2.45, 2.75) is 66.9 Å². The number of rotatable bonds is 0. The van der Waals surface area contributed by atoms with Gasteiger partial charge in [0.25, 0.3) is 0 Å². The minimum absolute atomic E-state index is 0.0433. The molecule has 0 saturated heterocycles. The third kappa shape index (κ3) is 0.895. The summed E-state index contributed by atoms with van der Waals surface area (Å²) in [6, 6.07) is 0. The van der Waals surface area contributed by atoms with Gasteiger partial charge in [-0.1, -0.05) is 38.8 Å². The number of allylic oxidation sites excluding steroid dienone is 1. The lowest BCUT2D eigenvalue weighted by Crippen LogP contribution is -2.68. The van der Waals surface area contributed by atoms with Crippen molar-refractivity contribution in [3.05, 3.63) is 11.1 Å². The van der Waals surface area contributed by atoms with Crippen LogP contribution in [0.4, 0.5) is 0 Å². The molecule has 0 radical (unpaired) electrons. The van der Waals surface area contributed by atoms with E-state index in [0.29, 0.717) is 0 Å². The molecule has 1 heteroatoms. The van der Waals surface area contributed by atoms with Crippen LogP contribution in [-0.4, -0.2) is 10.7 Å². The van der Waals surface area contributed by atoms with Crippen LogP contribution in [0, 0.1) is 16.2 Å². The molecular weight excluding hydrogens is 196 g/mol. The maximum absolute atomic E-state index is 11.1. The highest BCUT2D eigenvalue weighted by molar-refractivity contribution is 5.39. The summed E-state index contributed by atoms with van der Waals surface area (Å²) in [6.45, 7) is 15.6. The molecule has 3 unspecified atom stereocenters. The van der Waals surface area contributed by atoms with Gasteiger partial charge in [-0.05, 0) is 39.0 Å². The molecule has 1 saturated carbocycles. The van der Waals surface area contributed by atoms with Crippen LogP contribution in [0.3, 0.4) is 0 Å². The van der Waals surface area contributed by atoms with E-state index < -0.39 is 5.60 Å². The Labute approximate surface area is 99.9 Å². The van der Waals surface area contributed by atoms with Crippen LogP contribution in [-0.2, 0) is 0 Å². The normalized spacial score (nSPS) is 51.0. The van der Waals surface area contributed by atoms with Crippen LogP contribution in [0.5, 0.6) is 0 Å². The lowest BCUT2D eigenvalue weighted by atomic mass is 9.37. The Kier molecular flexibility index (Phi) is 2.09. The Balaban J connectivity index is 2.79. The number of aliphatic hydroxyl groups is 1. The summed E-state index contributed by atoms with van der Waals surface area (Å²) in [5.41, 5.74) is 2.37. The van der Waals surface area contributed by atoms with Crippen LogP contribution in [0.1, 0.15) is 61.3 Å². The second-order valence-corrected chi connectivity index (χ2v) is 7.11. The van der Waals surface area contributed by atoms with Crippen LogP contribution in [0.15, 0.2) is 11.1 Å². The van der Waals surface area contributed by atoms with Crippen molar-refractivity contribution >= 4 is 0 Å². The Bertz CT molecular complexity index is 339. The topological polar surface area (TPSA) is 20.2 Å². The zero-order valence-electron chi connectivity index (χ0n) is 11.9. The van der Waals surface area contributed by atoms with Crippen molar-refractivity contribution in [3.63, 3.8) is 0 Å². The molecule has 0 aromatic carbocycles. The SMILES string of the molecule is CC1=C(C)C2(C)CCC1(C)C(C)(C)C2(C)O. The highest BCUT2D eigenvalue weighted by Crippen LogP contribution is 2.71. The Morgan fingerprint density at radius 1 is 0.812 bits per heavy atom. The molecule has 0 heterocycles. The van der Waals surface area contributed by atoms with Gasteiger partial charge < -0.3 is 5.11 Å². The molecule has 3 aliphatic carbocycles. The van der Waals surface area contributed by atoms with Crippen LogP contribution in [0.25, 0.3) is 0 Å². The Hall–Kier alpha value is -0.300. The van der Waals surface area contributed by atoms with E-state index in [9.17, 15) is 5.11 Å².